The van der Waals surface area contributed by atoms with Crippen LogP contribution in [0.15, 0.2) is 23.1 Å². The second-order valence-electron chi connectivity index (χ2n) is 6.86. The number of carbonyl (C=O) groups excluding carboxylic acids is 1. The van der Waals surface area contributed by atoms with E-state index in [4.69, 9.17) is 5.73 Å². The molecule has 1 atom stereocenters. The highest BCUT2D eigenvalue weighted by Gasteiger charge is 2.35. The van der Waals surface area contributed by atoms with Crippen LogP contribution in [0.2, 0.25) is 0 Å². The molecule has 1 fully saturated rings. The monoisotopic (exact) mass is 360 g/mol. The van der Waals surface area contributed by atoms with Crippen molar-refractivity contribution in [2.45, 2.75) is 38.1 Å². The molecule has 0 radical (unpaired) electrons. The molecule has 5 nitrogen and oxygen atoms in total. The topological polar surface area (TPSA) is 80.5 Å². The molecule has 0 bridgehead atoms. The van der Waals surface area contributed by atoms with Crippen molar-refractivity contribution < 1.29 is 13.2 Å². The van der Waals surface area contributed by atoms with E-state index >= 15 is 0 Å². The number of piperidine rings is 1. The third kappa shape index (κ3) is 4.25. The summed E-state index contributed by atoms with van der Waals surface area (Å²) in [6.07, 6.45) is 1.91. The Labute approximate surface area is 144 Å². The van der Waals surface area contributed by atoms with Gasteiger partial charge in [-0.05, 0) is 36.5 Å². The predicted octanol–water partition coefficient (Wildman–Crippen LogP) is 2.02. The molecule has 1 heterocycles. The molecule has 1 aromatic carbocycles. The Balaban J connectivity index is 0.00000264. The van der Waals surface area contributed by atoms with Crippen molar-refractivity contribution in [3.05, 3.63) is 29.3 Å². The Morgan fingerprint density at radius 3 is 2.48 bits per heavy atom. The van der Waals surface area contributed by atoms with Crippen molar-refractivity contribution in [3.8, 4) is 0 Å². The second kappa shape index (κ2) is 6.79. The Bertz CT molecular complexity index is 701. The third-order valence-electron chi connectivity index (χ3n) is 4.43. The molecule has 7 heteroatoms. The molecule has 1 unspecified atom stereocenters. The summed E-state index contributed by atoms with van der Waals surface area (Å²) in [6, 6.07) is 4.92. The summed E-state index contributed by atoms with van der Waals surface area (Å²) >= 11 is 0. The van der Waals surface area contributed by atoms with Crippen LogP contribution in [0.5, 0.6) is 0 Å². The number of halogens is 1. The highest BCUT2D eigenvalue weighted by Crippen LogP contribution is 2.29. The van der Waals surface area contributed by atoms with Gasteiger partial charge >= 0.3 is 0 Å². The zero-order chi connectivity index (χ0) is 16.7. The molecule has 2 rings (SSSR count). The van der Waals surface area contributed by atoms with Crippen LogP contribution in [-0.4, -0.2) is 44.6 Å². The van der Waals surface area contributed by atoms with E-state index in [2.05, 4.69) is 0 Å². The van der Waals surface area contributed by atoms with Crippen LogP contribution in [0, 0.1) is 12.3 Å². The first-order chi connectivity index (χ1) is 10.0. The van der Waals surface area contributed by atoms with E-state index in [9.17, 15) is 13.2 Å². The quantitative estimate of drug-likeness (QED) is 0.874. The van der Waals surface area contributed by atoms with Gasteiger partial charge < -0.3 is 10.6 Å². The van der Waals surface area contributed by atoms with Gasteiger partial charge in [0.2, 0.25) is 0 Å². The van der Waals surface area contributed by atoms with Gasteiger partial charge in [-0.2, -0.15) is 0 Å². The molecule has 130 valence electrons. The maximum absolute atomic E-state index is 12.7. The highest BCUT2D eigenvalue weighted by atomic mass is 35.5. The van der Waals surface area contributed by atoms with Crippen molar-refractivity contribution in [3.63, 3.8) is 0 Å². The number of amides is 1. The van der Waals surface area contributed by atoms with Gasteiger partial charge in [0.15, 0.2) is 9.84 Å². The van der Waals surface area contributed by atoms with E-state index in [0.717, 1.165) is 12.7 Å². The van der Waals surface area contributed by atoms with Gasteiger partial charge in [-0.15, -0.1) is 12.4 Å². The van der Waals surface area contributed by atoms with E-state index in [1.807, 2.05) is 13.8 Å². The fraction of sp³-hybridized carbons (Fsp3) is 0.562. The first-order valence-electron chi connectivity index (χ1n) is 7.38. The minimum absolute atomic E-state index is 0. The number of hydrogen-bond donors (Lipinski definition) is 1. The molecular weight excluding hydrogens is 336 g/mol. The van der Waals surface area contributed by atoms with Gasteiger partial charge in [-0.25, -0.2) is 8.42 Å². The molecule has 0 spiro atoms. The summed E-state index contributed by atoms with van der Waals surface area (Å²) in [5.41, 5.74) is 7.02. The fourth-order valence-electron chi connectivity index (χ4n) is 2.86. The standard InChI is InChI=1S/C16H24N2O3S.ClH/c1-11-5-6-12(9-13(11)22(4,20)21)15(19)18-8-7-14(17)16(2,3)10-18;/h5-6,9,14H,7-8,10,17H2,1-4H3;1H. The molecule has 23 heavy (non-hydrogen) atoms. The van der Waals surface area contributed by atoms with Crippen LogP contribution in [0.3, 0.4) is 0 Å². The van der Waals surface area contributed by atoms with Crippen molar-refractivity contribution in [2.24, 2.45) is 11.1 Å². The van der Waals surface area contributed by atoms with Crippen LogP contribution in [0.1, 0.15) is 36.2 Å². The average Bonchev–Trinajstić information content (AvgIpc) is 2.40. The summed E-state index contributed by atoms with van der Waals surface area (Å²) in [5.74, 6) is -0.134. The molecule has 1 saturated heterocycles. The molecule has 0 aliphatic carbocycles. The number of rotatable bonds is 2. The van der Waals surface area contributed by atoms with E-state index in [1.54, 1.807) is 24.0 Å². The van der Waals surface area contributed by atoms with Gasteiger partial charge in [0.25, 0.3) is 5.91 Å². The van der Waals surface area contributed by atoms with Gasteiger partial charge in [-0.1, -0.05) is 19.9 Å². The van der Waals surface area contributed by atoms with Crippen LogP contribution >= 0.6 is 12.4 Å². The second-order valence-corrected chi connectivity index (χ2v) is 8.85. The largest absolute Gasteiger partial charge is 0.338 e. The predicted molar refractivity (Wildman–Crippen MR) is 93.8 cm³/mol. The number of nitrogens with two attached hydrogens (primary N) is 1. The minimum atomic E-state index is -3.34. The van der Waals surface area contributed by atoms with Gasteiger partial charge in [0, 0.05) is 31.0 Å². The Hall–Kier alpha value is -1.11. The molecule has 0 aromatic heterocycles. The zero-order valence-corrected chi connectivity index (χ0v) is 15.6. The summed E-state index contributed by atoms with van der Waals surface area (Å²) < 4.78 is 23.6. The van der Waals surface area contributed by atoms with Gasteiger partial charge in [0.05, 0.1) is 4.90 Å². The SMILES string of the molecule is Cc1ccc(C(=O)N2CCC(N)C(C)(C)C2)cc1S(C)(=O)=O.Cl. The maximum Gasteiger partial charge on any atom is 0.253 e. The molecule has 1 aromatic rings. The summed E-state index contributed by atoms with van der Waals surface area (Å²) in [5, 5.41) is 0. The number of hydrogen-bond acceptors (Lipinski definition) is 4. The Morgan fingerprint density at radius 2 is 1.96 bits per heavy atom. The Morgan fingerprint density at radius 1 is 1.35 bits per heavy atom. The van der Waals surface area contributed by atoms with Gasteiger partial charge in [-0.3, -0.25) is 4.79 Å². The van der Waals surface area contributed by atoms with Crippen molar-refractivity contribution in [2.75, 3.05) is 19.3 Å². The number of nitrogens with zero attached hydrogens (tertiary/aromatic N) is 1. The van der Waals surface area contributed by atoms with E-state index in [-0.39, 0.29) is 34.7 Å². The molecule has 1 aliphatic rings. The van der Waals surface area contributed by atoms with Crippen molar-refractivity contribution in [1.82, 2.24) is 4.90 Å². The number of aryl methyl sites for hydroxylation is 1. The first kappa shape index (κ1) is 19.9. The van der Waals surface area contributed by atoms with Crippen molar-refractivity contribution in [1.29, 1.82) is 0 Å². The lowest BCUT2D eigenvalue weighted by molar-refractivity contribution is 0.0533. The summed E-state index contributed by atoms with van der Waals surface area (Å²) in [7, 11) is -3.34. The Kier molecular flexibility index (Phi) is 5.88. The molecule has 1 amide bonds. The minimum Gasteiger partial charge on any atom is -0.338 e. The number of likely N-dealkylation sites (tertiary alicyclic amines) is 1. The number of benzene rings is 1. The highest BCUT2D eigenvalue weighted by molar-refractivity contribution is 7.90. The van der Waals surface area contributed by atoms with E-state index in [1.165, 1.54) is 6.07 Å². The van der Waals surface area contributed by atoms with Gasteiger partial charge in [0.1, 0.15) is 0 Å². The lowest BCUT2D eigenvalue weighted by Gasteiger charge is -2.42. The lowest BCUT2D eigenvalue weighted by Crippen LogP contribution is -2.54. The molecule has 0 saturated carbocycles. The van der Waals surface area contributed by atoms with Crippen LogP contribution in [-0.2, 0) is 9.84 Å². The van der Waals surface area contributed by atoms with E-state index < -0.39 is 9.84 Å². The lowest BCUT2D eigenvalue weighted by atomic mass is 9.79. The summed E-state index contributed by atoms with van der Waals surface area (Å²) in [6.45, 7) is 7.01. The molecule has 1 aliphatic heterocycles. The maximum atomic E-state index is 12.7. The normalized spacial score (nSPS) is 20.7. The number of carbonyl (C=O) groups is 1. The van der Waals surface area contributed by atoms with Crippen LogP contribution in [0.4, 0.5) is 0 Å². The summed E-state index contributed by atoms with van der Waals surface area (Å²) in [4.78, 5) is 14.7. The zero-order valence-electron chi connectivity index (χ0n) is 14.0. The smallest absolute Gasteiger partial charge is 0.253 e. The molecule has 2 N–H and O–H groups in total. The van der Waals surface area contributed by atoms with Crippen LogP contribution in [0.25, 0.3) is 0 Å². The molecular formula is C16H25ClN2O3S. The van der Waals surface area contributed by atoms with Crippen molar-refractivity contribution >= 4 is 28.2 Å². The fourth-order valence-corrected chi connectivity index (χ4v) is 3.86. The average molecular weight is 361 g/mol. The first-order valence-corrected chi connectivity index (χ1v) is 9.27. The number of sulfone groups is 1. The van der Waals surface area contributed by atoms with Crippen LogP contribution < -0.4 is 5.73 Å². The van der Waals surface area contributed by atoms with E-state index in [0.29, 0.717) is 24.2 Å². The third-order valence-corrected chi connectivity index (χ3v) is 5.67.